The van der Waals surface area contributed by atoms with E-state index in [-0.39, 0.29) is 17.0 Å². The van der Waals surface area contributed by atoms with Crippen LogP contribution in [0.25, 0.3) is 0 Å². The highest BCUT2D eigenvalue weighted by molar-refractivity contribution is 7.89. The summed E-state index contributed by atoms with van der Waals surface area (Å²) >= 11 is 0. The highest BCUT2D eigenvalue weighted by atomic mass is 32.2. The summed E-state index contributed by atoms with van der Waals surface area (Å²) in [5.74, 6) is 0.0182. The van der Waals surface area contributed by atoms with Crippen LogP contribution in [0.4, 0.5) is 0 Å². The zero-order valence-electron chi connectivity index (χ0n) is 11.8. The number of hydrogen-bond donors (Lipinski definition) is 1. The molecule has 21 heavy (non-hydrogen) atoms. The van der Waals surface area contributed by atoms with Gasteiger partial charge in [0.05, 0.1) is 6.33 Å². The van der Waals surface area contributed by atoms with Gasteiger partial charge >= 0.3 is 0 Å². The van der Waals surface area contributed by atoms with E-state index >= 15 is 0 Å². The molecule has 0 saturated carbocycles. The molecule has 0 radical (unpaired) electrons. The van der Waals surface area contributed by atoms with Crippen molar-refractivity contribution in [3.05, 3.63) is 48.4 Å². The molecule has 0 bridgehead atoms. The fraction of sp³-hybridized carbons (Fsp3) is 0.357. The van der Waals surface area contributed by atoms with Gasteiger partial charge in [-0.05, 0) is 5.56 Å². The maximum Gasteiger partial charge on any atom is 0.262 e. The first kappa shape index (κ1) is 14.2. The van der Waals surface area contributed by atoms with Gasteiger partial charge < -0.3 is 10.3 Å². The molecule has 7 heteroatoms. The van der Waals surface area contributed by atoms with Crippen molar-refractivity contribution in [3.8, 4) is 0 Å². The highest BCUT2D eigenvalue weighted by Gasteiger charge is 2.39. The molecule has 2 atom stereocenters. The van der Waals surface area contributed by atoms with E-state index in [0.29, 0.717) is 13.1 Å². The Bertz CT molecular complexity index is 726. The molecule has 1 aliphatic heterocycles. The molecular formula is C14H18N4O2S. The van der Waals surface area contributed by atoms with Crippen LogP contribution < -0.4 is 5.73 Å². The fourth-order valence-corrected chi connectivity index (χ4v) is 4.16. The Morgan fingerprint density at radius 2 is 1.95 bits per heavy atom. The third-order valence-electron chi connectivity index (χ3n) is 3.84. The van der Waals surface area contributed by atoms with Gasteiger partial charge in [0.15, 0.2) is 5.03 Å². The molecule has 2 aromatic rings. The van der Waals surface area contributed by atoms with Gasteiger partial charge in [-0.1, -0.05) is 30.3 Å². The van der Waals surface area contributed by atoms with Crippen LogP contribution >= 0.6 is 0 Å². The topological polar surface area (TPSA) is 81.2 Å². The van der Waals surface area contributed by atoms with Gasteiger partial charge in [-0.2, -0.15) is 4.31 Å². The Labute approximate surface area is 124 Å². The van der Waals surface area contributed by atoms with Crippen LogP contribution in [-0.2, 0) is 17.1 Å². The molecule has 0 spiro atoms. The van der Waals surface area contributed by atoms with Crippen LogP contribution in [-0.4, -0.2) is 41.4 Å². The predicted molar refractivity (Wildman–Crippen MR) is 79.1 cm³/mol. The summed E-state index contributed by atoms with van der Waals surface area (Å²) in [6.07, 6.45) is 2.99. The smallest absolute Gasteiger partial charge is 0.262 e. The minimum absolute atomic E-state index is 0.0182. The predicted octanol–water partition coefficient (Wildman–Crippen LogP) is 0.536. The number of aryl methyl sites for hydroxylation is 1. The molecule has 2 unspecified atom stereocenters. The van der Waals surface area contributed by atoms with Gasteiger partial charge in [-0.15, -0.1) is 0 Å². The molecule has 1 aromatic carbocycles. The third kappa shape index (κ3) is 2.59. The van der Waals surface area contributed by atoms with Crippen LogP contribution in [0.1, 0.15) is 11.5 Å². The zero-order chi connectivity index (χ0) is 15.0. The van der Waals surface area contributed by atoms with Gasteiger partial charge in [-0.25, -0.2) is 13.4 Å². The summed E-state index contributed by atoms with van der Waals surface area (Å²) in [5.41, 5.74) is 7.22. The molecule has 1 aromatic heterocycles. The lowest BCUT2D eigenvalue weighted by atomic mass is 9.95. The van der Waals surface area contributed by atoms with E-state index in [0.717, 1.165) is 5.56 Å². The number of imidazole rings is 1. The molecule has 0 aliphatic carbocycles. The van der Waals surface area contributed by atoms with E-state index in [1.165, 1.54) is 16.8 Å². The largest absolute Gasteiger partial charge is 0.339 e. The molecule has 0 amide bonds. The van der Waals surface area contributed by atoms with Gasteiger partial charge in [0, 0.05) is 38.3 Å². The summed E-state index contributed by atoms with van der Waals surface area (Å²) in [5, 5.41) is 0.0749. The second-order valence-electron chi connectivity index (χ2n) is 5.38. The van der Waals surface area contributed by atoms with Crippen LogP contribution in [0.15, 0.2) is 47.9 Å². The van der Waals surface area contributed by atoms with Gasteiger partial charge in [0.1, 0.15) is 0 Å². The van der Waals surface area contributed by atoms with E-state index in [9.17, 15) is 8.42 Å². The van der Waals surface area contributed by atoms with Crippen molar-refractivity contribution in [3.63, 3.8) is 0 Å². The fourth-order valence-electron chi connectivity index (χ4n) is 2.70. The summed E-state index contributed by atoms with van der Waals surface area (Å²) in [7, 11) is -1.83. The maximum absolute atomic E-state index is 12.6. The van der Waals surface area contributed by atoms with E-state index < -0.39 is 10.0 Å². The first-order valence-corrected chi connectivity index (χ1v) is 8.21. The Hall–Kier alpha value is -1.70. The monoisotopic (exact) mass is 306 g/mol. The van der Waals surface area contributed by atoms with Crippen molar-refractivity contribution < 1.29 is 8.42 Å². The minimum atomic E-state index is -3.57. The van der Waals surface area contributed by atoms with E-state index in [1.54, 1.807) is 11.6 Å². The first-order chi connectivity index (χ1) is 9.98. The Morgan fingerprint density at radius 3 is 2.57 bits per heavy atom. The minimum Gasteiger partial charge on any atom is -0.339 e. The molecule has 1 saturated heterocycles. The highest BCUT2D eigenvalue weighted by Crippen LogP contribution is 2.29. The normalized spacial score (nSPS) is 23.5. The number of nitrogens with zero attached hydrogens (tertiary/aromatic N) is 3. The average Bonchev–Trinajstić information content (AvgIpc) is 3.07. The Morgan fingerprint density at radius 1 is 1.24 bits per heavy atom. The lowest BCUT2D eigenvalue weighted by molar-refractivity contribution is 0.467. The van der Waals surface area contributed by atoms with Crippen LogP contribution in [0.3, 0.4) is 0 Å². The van der Waals surface area contributed by atoms with Crippen molar-refractivity contribution >= 4 is 10.0 Å². The second-order valence-corrected chi connectivity index (χ2v) is 7.27. The number of hydrogen-bond acceptors (Lipinski definition) is 4. The lowest BCUT2D eigenvalue weighted by Crippen LogP contribution is -2.32. The molecule has 3 rings (SSSR count). The number of nitrogens with two attached hydrogens (primary N) is 1. The number of rotatable bonds is 3. The second kappa shape index (κ2) is 5.25. The van der Waals surface area contributed by atoms with E-state index in [2.05, 4.69) is 4.98 Å². The molecule has 1 fully saturated rings. The number of benzene rings is 1. The quantitative estimate of drug-likeness (QED) is 0.897. The average molecular weight is 306 g/mol. The Kier molecular flexibility index (Phi) is 3.56. The van der Waals surface area contributed by atoms with Crippen LogP contribution in [0, 0.1) is 0 Å². The maximum atomic E-state index is 12.6. The molecule has 112 valence electrons. The lowest BCUT2D eigenvalue weighted by Gasteiger charge is -2.15. The van der Waals surface area contributed by atoms with Gasteiger partial charge in [0.25, 0.3) is 10.0 Å². The van der Waals surface area contributed by atoms with E-state index in [1.807, 2.05) is 30.3 Å². The van der Waals surface area contributed by atoms with Gasteiger partial charge in [-0.3, -0.25) is 0 Å². The summed E-state index contributed by atoms with van der Waals surface area (Å²) in [6.45, 7) is 0.711. The van der Waals surface area contributed by atoms with Gasteiger partial charge in [0.2, 0.25) is 0 Å². The van der Waals surface area contributed by atoms with Crippen molar-refractivity contribution in [2.45, 2.75) is 17.0 Å². The van der Waals surface area contributed by atoms with Crippen molar-refractivity contribution in [2.75, 3.05) is 13.1 Å². The number of sulfonamides is 1. The standard InChI is InChI=1S/C14H18N4O2S/c1-17-9-14(16-10-17)21(19,20)18-7-12(13(15)8-18)11-5-3-2-4-6-11/h2-6,9-10,12-13H,7-8,15H2,1H3. The van der Waals surface area contributed by atoms with E-state index in [4.69, 9.17) is 5.73 Å². The Balaban J connectivity index is 1.86. The van der Waals surface area contributed by atoms with Crippen LogP contribution in [0.2, 0.25) is 0 Å². The molecule has 6 nitrogen and oxygen atoms in total. The van der Waals surface area contributed by atoms with Crippen molar-refractivity contribution in [1.29, 1.82) is 0 Å². The molecule has 1 aliphatic rings. The molecule has 2 N–H and O–H groups in total. The first-order valence-electron chi connectivity index (χ1n) is 6.77. The summed E-state index contributed by atoms with van der Waals surface area (Å²) in [6, 6.07) is 9.59. The molecular weight excluding hydrogens is 288 g/mol. The van der Waals surface area contributed by atoms with Crippen LogP contribution in [0.5, 0.6) is 0 Å². The summed E-state index contributed by atoms with van der Waals surface area (Å²) in [4.78, 5) is 3.95. The number of aromatic nitrogens is 2. The summed E-state index contributed by atoms with van der Waals surface area (Å²) < 4.78 is 28.2. The van der Waals surface area contributed by atoms with Crippen molar-refractivity contribution in [1.82, 2.24) is 13.9 Å². The third-order valence-corrected chi connectivity index (χ3v) is 5.56. The molecule has 2 heterocycles. The zero-order valence-corrected chi connectivity index (χ0v) is 12.6. The van der Waals surface area contributed by atoms with Crippen molar-refractivity contribution in [2.24, 2.45) is 12.8 Å². The SMILES string of the molecule is Cn1cnc(S(=O)(=O)N2CC(N)C(c3ccccc3)C2)c1.